The van der Waals surface area contributed by atoms with Crippen LogP contribution in [0.3, 0.4) is 0 Å². The highest BCUT2D eigenvalue weighted by molar-refractivity contribution is 7.93. The van der Waals surface area contributed by atoms with Crippen molar-refractivity contribution in [2.75, 3.05) is 0 Å². The van der Waals surface area contributed by atoms with Gasteiger partial charge in [-0.25, -0.2) is 13.6 Å². The van der Waals surface area contributed by atoms with Crippen molar-refractivity contribution in [3.8, 4) is 0 Å². The number of sulfonamides is 1. The molecule has 3 rings (SSSR count). The molecule has 29 heavy (non-hydrogen) atoms. The van der Waals surface area contributed by atoms with E-state index in [0.29, 0.717) is 6.42 Å². The van der Waals surface area contributed by atoms with Gasteiger partial charge < -0.3 is 0 Å². The number of nitrogens with two attached hydrogens (primary N) is 1. The molecule has 0 spiro atoms. The Labute approximate surface area is 171 Å². The molecule has 3 unspecified atom stereocenters. The standard InChI is InChI=1S/C22H26N2O4S/c1-3-6-16-7-4-5-8-17(16)13-15(2)20-14-21(25)24(22(20)26)18-9-11-19(12-10-18)29(23,27)28/h3-9,11-12,15,18,20H,10,13-14H2,1-2H3,(H2,23,27,28)/b6-3-. The number of allylic oxidation sites excluding steroid dienone is 2. The van der Waals surface area contributed by atoms with Gasteiger partial charge in [-0.3, -0.25) is 14.5 Å². The summed E-state index contributed by atoms with van der Waals surface area (Å²) in [6.07, 6.45) is 9.57. The molecule has 0 bridgehead atoms. The number of rotatable bonds is 6. The number of nitrogens with zero attached hydrogens (tertiary/aromatic N) is 1. The predicted molar refractivity (Wildman–Crippen MR) is 113 cm³/mol. The second-order valence-corrected chi connectivity index (χ2v) is 9.17. The van der Waals surface area contributed by atoms with Crippen LogP contribution in [0.15, 0.2) is 53.5 Å². The largest absolute Gasteiger partial charge is 0.275 e. The predicted octanol–water partition coefficient (Wildman–Crippen LogP) is 2.77. The average Bonchev–Trinajstić information content (AvgIpc) is 2.97. The molecule has 1 fully saturated rings. The van der Waals surface area contributed by atoms with Gasteiger partial charge in [-0.15, -0.1) is 0 Å². The van der Waals surface area contributed by atoms with E-state index in [1.165, 1.54) is 17.1 Å². The van der Waals surface area contributed by atoms with Gasteiger partial charge in [0.25, 0.3) is 0 Å². The maximum Gasteiger partial charge on any atom is 0.237 e. The summed E-state index contributed by atoms with van der Waals surface area (Å²) in [5, 5.41) is 5.13. The minimum absolute atomic E-state index is 0.00551. The van der Waals surface area contributed by atoms with Gasteiger partial charge in [-0.1, -0.05) is 55.5 Å². The quantitative estimate of drug-likeness (QED) is 0.724. The van der Waals surface area contributed by atoms with E-state index in [2.05, 4.69) is 0 Å². The van der Waals surface area contributed by atoms with Gasteiger partial charge in [0.05, 0.1) is 16.9 Å². The third-order valence-electron chi connectivity index (χ3n) is 5.55. The van der Waals surface area contributed by atoms with Gasteiger partial charge in [0.15, 0.2) is 0 Å². The van der Waals surface area contributed by atoms with Gasteiger partial charge in [-0.05, 0) is 42.9 Å². The molecule has 2 aliphatic rings. The number of amides is 2. The van der Waals surface area contributed by atoms with Crippen molar-refractivity contribution in [2.24, 2.45) is 17.0 Å². The molecule has 154 valence electrons. The van der Waals surface area contributed by atoms with Gasteiger partial charge in [0.1, 0.15) is 0 Å². The Morgan fingerprint density at radius 2 is 2.00 bits per heavy atom. The van der Waals surface area contributed by atoms with E-state index < -0.39 is 16.1 Å². The van der Waals surface area contributed by atoms with E-state index in [0.717, 1.165) is 11.1 Å². The Bertz CT molecular complexity index is 1010. The van der Waals surface area contributed by atoms with E-state index in [-0.39, 0.29) is 41.4 Å². The monoisotopic (exact) mass is 414 g/mol. The molecule has 3 atom stereocenters. The molecule has 1 aromatic rings. The zero-order valence-electron chi connectivity index (χ0n) is 16.6. The van der Waals surface area contributed by atoms with Gasteiger partial charge >= 0.3 is 0 Å². The zero-order chi connectivity index (χ0) is 21.2. The fourth-order valence-electron chi connectivity index (χ4n) is 4.01. The summed E-state index contributed by atoms with van der Waals surface area (Å²) in [5.41, 5.74) is 2.27. The maximum absolute atomic E-state index is 13.0. The Balaban J connectivity index is 1.73. The Kier molecular flexibility index (Phi) is 6.19. The number of carbonyl (C=O) groups is 2. The Morgan fingerprint density at radius 3 is 2.62 bits per heavy atom. The molecule has 6 nitrogen and oxygen atoms in total. The normalized spacial score (nSPS) is 23.7. The van der Waals surface area contributed by atoms with Crippen molar-refractivity contribution in [1.82, 2.24) is 4.90 Å². The molecule has 1 saturated heterocycles. The fourth-order valence-corrected chi connectivity index (χ4v) is 4.61. The number of primary sulfonamides is 1. The number of benzene rings is 1. The topological polar surface area (TPSA) is 97.5 Å². The summed E-state index contributed by atoms with van der Waals surface area (Å²) in [7, 11) is -3.79. The van der Waals surface area contributed by atoms with Crippen molar-refractivity contribution in [3.63, 3.8) is 0 Å². The van der Waals surface area contributed by atoms with E-state index in [4.69, 9.17) is 5.14 Å². The van der Waals surface area contributed by atoms with Crippen LogP contribution in [-0.2, 0) is 26.0 Å². The van der Waals surface area contributed by atoms with E-state index >= 15 is 0 Å². The summed E-state index contributed by atoms with van der Waals surface area (Å²) >= 11 is 0. The summed E-state index contributed by atoms with van der Waals surface area (Å²) in [5.74, 6) is -0.770. The van der Waals surface area contributed by atoms with E-state index in [1.807, 2.05) is 50.3 Å². The molecule has 0 saturated carbocycles. The van der Waals surface area contributed by atoms with Crippen LogP contribution in [0.2, 0.25) is 0 Å². The minimum atomic E-state index is -3.79. The molecule has 1 aliphatic heterocycles. The number of hydrogen-bond acceptors (Lipinski definition) is 4. The van der Waals surface area contributed by atoms with Crippen LogP contribution < -0.4 is 5.14 Å². The Hall–Kier alpha value is -2.51. The molecule has 1 heterocycles. The summed E-state index contributed by atoms with van der Waals surface area (Å²) < 4.78 is 22.9. The first-order valence-electron chi connectivity index (χ1n) is 9.70. The third kappa shape index (κ3) is 4.57. The fraction of sp³-hybridized carbons (Fsp3) is 0.364. The van der Waals surface area contributed by atoms with Crippen LogP contribution in [0.25, 0.3) is 6.08 Å². The SMILES string of the molecule is C/C=C\c1ccccc1CC(C)C1CC(=O)N(C2C=CC(S(N)(=O)=O)=CC2)C1=O. The second kappa shape index (κ2) is 8.47. The molecule has 2 N–H and O–H groups in total. The lowest BCUT2D eigenvalue weighted by Crippen LogP contribution is -2.40. The average molecular weight is 415 g/mol. The highest BCUT2D eigenvalue weighted by atomic mass is 32.2. The van der Waals surface area contributed by atoms with Crippen LogP contribution in [0.1, 0.15) is 37.8 Å². The minimum Gasteiger partial charge on any atom is -0.275 e. The van der Waals surface area contributed by atoms with Crippen molar-refractivity contribution < 1.29 is 18.0 Å². The number of hydrogen-bond donors (Lipinski definition) is 1. The van der Waals surface area contributed by atoms with Crippen molar-refractivity contribution in [3.05, 3.63) is 64.6 Å². The van der Waals surface area contributed by atoms with E-state index in [1.54, 1.807) is 6.08 Å². The van der Waals surface area contributed by atoms with Crippen LogP contribution >= 0.6 is 0 Å². The first-order chi connectivity index (χ1) is 13.7. The molecule has 1 aromatic carbocycles. The lowest BCUT2D eigenvalue weighted by atomic mass is 9.85. The first-order valence-corrected chi connectivity index (χ1v) is 11.2. The van der Waals surface area contributed by atoms with Crippen molar-refractivity contribution in [1.29, 1.82) is 0 Å². The van der Waals surface area contributed by atoms with Crippen molar-refractivity contribution in [2.45, 2.75) is 39.2 Å². The maximum atomic E-state index is 13.0. The molecule has 7 heteroatoms. The van der Waals surface area contributed by atoms with Gasteiger partial charge in [0.2, 0.25) is 21.8 Å². The van der Waals surface area contributed by atoms with E-state index in [9.17, 15) is 18.0 Å². The summed E-state index contributed by atoms with van der Waals surface area (Å²) in [6.45, 7) is 3.96. The van der Waals surface area contributed by atoms with Gasteiger partial charge in [-0.2, -0.15) is 0 Å². The van der Waals surface area contributed by atoms with Crippen LogP contribution in [0.5, 0.6) is 0 Å². The highest BCUT2D eigenvalue weighted by Crippen LogP contribution is 2.33. The molecule has 0 aromatic heterocycles. The smallest absolute Gasteiger partial charge is 0.237 e. The third-order valence-corrected chi connectivity index (χ3v) is 6.51. The lowest BCUT2D eigenvalue weighted by molar-refractivity contribution is -0.141. The number of likely N-dealkylation sites (tertiary alicyclic amines) is 1. The zero-order valence-corrected chi connectivity index (χ0v) is 17.4. The molecular weight excluding hydrogens is 388 g/mol. The Morgan fingerprint density at radius 1 is 1.28 bits per heavy atom. The first kappa shape index (κ1) is 21.2. The van der Waals surface area contributed by atoms with Crippen LogP contribution in [0.4, 0.5) is 0 Å². The number of carbonyl (C=O) groups excluding carboxylic acids is 2. The van der Waals surface area contributed by atoms with Gasteiger partial charge in [0, 0.05) is 6.42 Å². The lowest BCUT2D eigenvalue weighted by Gasteiger charge is -2.26. The summed E-state index contributed by atoms with van der Waals surface area (Å²) in [4.78, 5) is 26.9. The molecule has 1 aliphatic carbocycles. The summed E-state index contributed by atoms with van der Waals surface area (Å²) in [6, 6.07) is 7.58. The second-order valence-electron chi connectivity index (χ2n) is 7.61. The molecule has 2 amide bonds. The van der Waals surface area contributed by atoms with Crippen molar-refractivity contribution >= 4 is 27.9 Å². The number of imide groups is 1. The molecular formula is C22H26N2O4S. The van der Waals surface area contributed by atoms with Crippen LogP contribution in [-0.4, -0.2) is 31.2 Å². The highest BCUT2D eigenvalue weighted by Gasteiger charge is 2.44. The molecule has 0 radical (unpaired) electrons. The van der Waals surface area contributed by atoms with Crippen LogP contribution in [0, 0.1) is 11.8 Å².